The first-order valence-electron chi connectivity index (χ1n) is 3.26. The minimum absolute atomic E-state index is 1.06. The van der Waals surface area contributed by atoms with E-state index in [0.717, 1.165) is 0 Å². The van der Waals surface area contributed by atoms with E-state index in [1.165, 1.54) is 0 Å². The van der Waals surface area contributed by atoms with Gasteiger partial charge in [-0.3, -0.25) is 0 Å². The van der Waals surface area contributed by atoms with Crippen LogP contribution in [0.15, 0.2) is 0 Å². The van der Waals surface area contributed by atoms with E-state index in [-0.39, 0.29) is 0 Å². The highest BCUT2D eigenvalue weighted by Gasteiger charge is 2.46. The Morgan fingerprint density at radius 2 is 1.29 bits per heavy atom. The van der Waals surface area contributed by atoms with Gasteiger partial charge < -0.3 is 0 Å². The van der Waals surface area contributed by atoms with E-state index in [1.54, 1.807) is 0 Å². The number of halogens is 8. The summed E-state index contributed by atoms with van der Waals surface area (Å²) in [5, 5.41) is 0. The molecule has 0 saturated carbocycles. The Balaban J connectivity index is 4.24. The molecule has 0 bridgehead atoms. The fraction of sp³-hybridized carbons (Fsp3) is 0.833. The molecule has 0 spiro atoms. The molecule has 0 aliphatic rings. The predicted molar refractivity (Wildman–Crippen MR) is 31.0 cm³/mol. The van der Waals surface area contributed by atoms with Crippen LogP contribution in [-0.4, -0.2) is 31.1 Å². The smallest absolute Gasteiger partial charge is 0.243 e. The lowest BCUT2D eigenvalue weighted by Gasteiger charge is -2.18. The van der Waals surface area contributed by atoms with Crippen LogP contribution in [0.5, 0.6) is 0 Å². The van der Waals surface area contributed by atoms with Crippen molar-refractivity contribution in [3.63, 3.8) is 0 Å². The topological polar surface area (TPSA) is 0 Å². The predicted octanol–water partition coefficient (Wildman–Crippen LogP) is 3.03. The second kappa shape index (κ2) is 4.79. The first-order chi connectivity index (χ1) is 6.18. The number of hydrogen-bond acceptors (Lipinski definition) is 0. The van der Waals surface area contributed by atoms with E-state index in [2.05, 4.69) is 0 Å². The zero-order valence-electron chi connectivity index (χ0n) is 6.41. The lowest BCUT2D eigenvalue weighted by atomic mass is 10.1. The Kier molecular flexibility index (Phi) is 4.60. The Hall–Kier alpha value is -0.560. The lowest BCUT2D eigenvalue weighted by Crippen LogP contribution is -2.36. The van der Waals surface area contributed by atoms with Gasteiger partial charge in [-0.2, -0.15) is 8.78 Å². The lowest BCUT2D eigenvalue weighted by molar-refractivity contribution is -0.117. The van der Waals surface area contributed by atoms with Crippen molar-refractivity contribution in [1.29, 1.82) is 0 Å². The summed E-state index contributed by atoms with van der Waals surface area (Å²) >= 11 is 0. The van der Waals surface area contributed by atoms with Gasteiger partial charge in [-0.15, -0.1) is 0 Å². The molecular formula is C6H5F8. The Labute approximate surface area is 73.9 Å². The second-order valence-corrected chi connectivity index (χ2v) is 2.37. The fourth-order valence-corrected chi connectivity index (χ4v) is 0.516. The van der Waals surface area contributed by atoms with E-state index in [0.29, 0.717) is 0 Å². The van der Waals surface area contributed by atoms with Crippen molar-refractivity contribution >= 4 is 0 Å². The zero-order chi connectivity index (χ0) is 11.5. The third-order valence-electron chi connectivity index (χ3n) is 1.22. The number of rotatable bonds is 5. The van der Waals surface area contributed by atoms with Gasteiger partial charge >= 0.3 is 12.3 Å². The molecule has 0 saturated heterocycles. The van der Waals surface area contributed by atoms with E-state index in [4.69, 9.17) is 0 Å². The first kappa shape index (κ1) is 13.4. The summed E-state index contributed by atoms with van der Waals surface area (Å²) in [5.74, 6) is -4.92. The summed E-state index contributed by atoms with van der Waals surface area (Å²) in [7, 11) is 0. The Morgan fingerprint density at radius 1 is 0.857 bits per heavy atom. The normalized spacial score (nSPS) is 17.6. The van der Waals surface area contributed by atoms with Crippen molar-refractivity contribution in [2.24, 2.45) is 0 Å². The molecule has 0 aliphatic heterocycles. The largest absolute Gasteiger partial charge is 0.313 e. The maximum atomic E-state index is 12.2. The molecular weight excluding hydrogens is 224 g/mol. The Morgan fingerprint density at radius 3 is 1.57 bits per heavy atom. The van der Waals surface area contributed by atoms with E-state index in [1.807, 2.05) is 0 Å². The van der Waals surface area contributed by atoms with Crippen LogP contribution in [0.4, 0.5) is 35.1 Å². The standard InChI is InChI=1S/C6H5F8/c7-2(3(8)4(9)10)1-6(13,14)5(11)12/h1-5H. The van der Waals surface area contributed by atoms with Gasteiger partial charge in [0.1, 0.15) is 6.17 Å². The average Bonchev–Trinajstić information content (AvgIpc) is 2.01. The molecule has 1 radical (unpaired) electrons. The highest BCUT2D eigenvalue weighted by Crippen LogP contribution is 2.30. The van der Waals surface area contributed by atoms with E-state index < -0.39 is 37.5 Å². The average molecular weight is 229 g/mol. The van der Waals surface area contributed by atoms with Crippen molar-refractivity contribution in [1.82, 2.24) is 0 Å². The molecule has 0 rings (SSSR count). The molecule has 0 amide bonds. The van der Waals surface area contributed by atoms with Crippen LogP contribution in [0.25, 0.3) is 0 Å². The van der Waals surface area contributed by atoms with Crippen LogP contribution in [0.2, 0.25) is 0 Å². The molecule has 85 valence electrons. The molecule has 0 fully saturated rings. The van der Waals surface area contributed by atoms with E-state index >= 15 is 0 Å². The molecule has 0 aromatic carbocycles. The van der Waals surface area contributed by atoms with Crippen molar-refractivity contribution < 1.29 is 35.1 Å². The van der Waals surface area contributed by atoms with Gasteiger partial charge in [0.25, 0.3) is 6.43 Å². The fourth-order valence-electron chi connectivity index (χ4n) is 0.516. The van der Waals surface area contributed by atoms with Crippen molar-refractivity contribution in [3.8, 4) is 0 Å². The number of hydrogen-bond donors (Lipinski definition) is 0. The summed E-state index contributed by atoms with van der Waals surface area (Å²) in [5.41, 5.74) is 0. The van der Waals surface area contributed by atoms with Crippen LogP contribution < -0.4 is 0 Å². The molecule has 0 nitrogen and oxygen atoms in total. The number of alkyl halides is 8. The van der Waals surface area contributed by atoms with Gasteiger partial charge in [-0.25, -0.2) is 26.3 Å². The molecule has 0 aromatic rings. The molecule has 0 N–H and O–H groups in total. The molecule has 0 heterocycles. The third kappa shape index (κ3) is 3.67. The quantitative estimate of drug-likeness (QED) is 0.635. The second-order valence-electron chi connectivity index (χ2n) is 2.37. The summed E-state index contributed by atoms with van der Waals surface area (Å²) in [4.78, 5) is 0. The van der Waals surface area contributed by atoms with Gasteiger partial charge in [0.15, 0.2) is 6.17 Å². The van der Waals surface area contributed by atoms with Crippen LogP contribution in [0.1, 0.15) is 0 Å². The summed E-state index contributed by atoms with van der Waals surface area (Å²) in [6, 6.07) is 0. The maximum Gasteiger partial charge on any atom is 0.313 e. The summed E-state index contributed by atoms with van der Waals surface area (Å²) in [6.45, 7) is 0. The highest BCUT2D eigenvalue weighted by molar-refractivity contribution is 4.96. The molecule has 0 aromatic heterocycles. The molecule has 2 unspecified atom stereocenters. The molecule has 2 atom stereocenters. The van der Waals surface area contributed by atoms with Crippen molar-refractivity contribution in [2.45, 2.75) is 31.1 Å². The van der Waals surface area contributed by atoms with Crippen LogP contribution in [0, 0.1) is 6.42 Å². The molecule has 0 aliphatic carbocycles. The van der Waals surface area contributed by atoms with E-state index in [9.17, 15) is 35.1 Å². The van der Waals surface area contributed by atoms with Crippen molar-refractivity contribution in [3.05, 3.63) is 6.42 Å². The van der Waals surface area contributed by atoms with Gasteiger partial charge in [-0.1, -0.05) is 0 Å². The van der Waals surface area contributed by atoms with Gasteiger partial charge in [0.2, 0.25) is 0 Å². The highest BCUT2D eigenvalue weighted by atomic mass is 19.3. The van der Waals surface area contributed by atoms with Gasteiger partial charge in [-0.05, 0) is 0 Å². The summed E-state index contributed by atoms with van der Waals surface area (Å²) < 4.78 is 93.6. The maximum absolute atomic E-state index is 12.2. The summed E-state index contributed by atoms with van der Waals surface area (Å²) in [6.07, 6.45) is -16.1. The molecule has 14 heavy (non-hydrogen) atoms. The minimum Gasteiger partial charge on any atom is -0.243 e. The first-order valence-corrected chi connectivity index (χ1v) is 3.26. The van der Waals surface area contributed by atoms with Gasteiger partial charge in [0, 0.05) is 0 Å². The Bertz CT molecular complexity index is 167. The van der Waals surface area contributed by atoms with Crippen LogP contribution >= 0.6 is 0 Å². The van der Waals surface area contributed by atoms with Gasteiger partial charge in [0.05, 0.1) is 6.42 Å². The minimum atomic E-state index is -4.92. The SMILES string of the molecule is FC(F)C(F)C(F)[CH]C(F)(F)C(F)F. The monoisotopic (exact) mass is 229 g/mol. The zero-order valence-corrected chi connectivity index (χ0v) is 6.41. The van der Waals surface area contributed by atoms with Crippen molar-refractivity contribution in [2.75, 3.05) is 0 Å². The molecule has 8 heteroatoms. The van der Waals surface area contributed by atoms with Crippen LogP contribution in [0.3, 0.4) is 0 Å². The van der Waals surface area contributed by atoms with Crippen LogP contribution in [-0.2, 0) is 0 Å². The third-order valence-corrected chi connectivity index (χ3v) is 1.22.